The number of aliphatic hydroxyl groups excluding tert-OH is 2. The van der Waals surface area contributed by atoms with Gasteiger partial charge in [0.15, 0.2) is 17.7 Å². The predicted molar refractivity (Wildman–Crippen MR) is 221 cm³/mol. The Morgan fingerprint density at radius 2 is 1.89 bits per heavy atom. The number of ether oxygens (including phenoxy) is 3. The van der Waals surface area contributed by atoms with Crippen molar-refractivity contribution in [1.82, 2.24) is 16.0 Å². The van der Waals surface area contributed by atoms with E-state index in [2.05, 4.69) is 38.8 Å². The highest BCUT2D eigenvalue weighted by molar-refractivity contribution is 9.09. The number of aliphatic carboxylic acids is 1. The van der Waals surface area contributed by atoms with Gasteiger partial charge in [0.05, 0.1) is 36.2 Å². The van der Waals surface area contributed by atoms with Gasteiger partial charge in [-0.1, -0.05) is 53.2 Å². The molecule has 0 radical (unpaired) electrons. The Labute approximate surface area is 365 Å². The maximum atomic E-state index is 16.0. The summed E-state index contributed by atoms with van der Waals surface area (Å²) in [6.07, 6.45) is 4.25. The standard InChI is InChI=1S/C43H54BrF2N3O11S/c1-41-14-13-24(50)15-22(41)3-9-27-29-17-33-43(40(57)61-21-45,42(29,2)18-32(51)37(27)41)60-39(59-33)28-10-8-26(16-30(28)46)58-25-6-4-23(5-7-25)48-38(56)31(11-12-36(54)55)49-35(53)20-47-34(52)19-44/h8,10,13-16,23,25,27,29,31-33,35,37,39,49,51,53H,3-7,9,11-12,17-21H2,1-2H3,(H,47,52)(H,48,56)(H,54,55)/t23?,25?,27-,29-,31-,32-,33+,35?,37+,39+,41-,42-,43-/m0/s1. The fraction of sp³-hybridized carbons (Fsp3) is 0.651. The summed E-state index contributed by atoms with van der Waals surface area (Å²) in [5, 5.41) is 39.0. The molecule has 5 aliphatic carbocycles. The first-order valence-corrected chi connectivity index (χ1v) is 23.1. The van der Waals surface area contributed by atoms with Crippen molar-refractivity contribution in [2.75, 3.05) is 17.9 Å². The number of benzene rings is 1. The molecule has 1 heterocycles. The lowest BCUT2D eigenvalue weighted by atomic mass is 9.46. The number of nitrogens with one attached hydrogen (secondary N) is 3. The van der Waals surface area contributed by atoms with E-state index in [0.717, 1.165) is 5.57 Å². The van der Waals surface area contributed by atoms with Crippen LogP contribution in [0.4, 0.5) is 8.78 Å². The molecule has 5 fully saturated rings. The van der Waals surface area contributed by atoms with Gasteiger partial charge >= 0.3 is 5.97 Å². The number of fused-ring (bicyclic) bond motifs is 7. The van der Waals surface area contributed by atoms with Crippen molar-refractivity contribution in [3.63, 3.8) is 0 Å². The highest BCUT2D eigenvalue weighted by Gasteiger charge is 2.76. The van der Waals surface area contributed by atoms with Crippen LogP contribution in [-0.4, -0.2) is 104 Å². The molecule has 6 N–H and O–H groups in total. The summed E-state index contributed by atoms with van der Waals surface area (Å²) in [6, 6.07) is 2.06. The zero-order chi connectivity index (χ0) is 43.9. The lowest BCUT2D eigenvalue weighted by Gasteiger charge is -2.59. The summed E-state index contributed by atoms with van der Waals surface area (Å²) in [5.74, 6) is -2.80. The van der Waals surface area contributed by atoms with E-state index >= 15 is 4.39 Å². The SMILES string of the molecule is C[C@]12C=CC(=O)C=C1CC[C@@H]1[C@@H]2[C@@H](O)C[C@@]2(C)[C@H]1C[C@H]1O[C@@H](c3ccc(OC4CCC(NC(=O)[C@H](CCC(=O)O)NC(O)CNC(=O)CBr)CC4)cc3F)O[C@]12C(=O)SCF. The molecule has 18 heteroatoms. The van der Waals surface area contributed by atoms with Gasteiger partial charge in [-0.2, -0.15) is 0 Å². The fourth-order valence-corrected chi connectivity index (χ4v) is 12.3. The van der Waals surface area contributed by atoms with Gasteiger partial charge in [0.2, 0.25) is 16.9 Å². The number of carboxylic acid groups (broad SMARTS) is 1. The molecule has 1 aromatic carbocycles. The van der Waals surface area contributed by atoms with Gasteiger partial charge in [0.1, 0.15) is 23.8 Å². The van der Waals surface area contributed by atoms with Gasteiger partial charge < -0.3 is 40.2 Å². The Morgan fingerprint density at radius 1 is 1.13 bits per heavy atom. The topological polar surface area (TPSA) is 210 Å². The van der Waals surface area contributed by atoms with Crippen LogP contribution in [-0.2, 0) is 33.4 Å². The van der Waals surface area contributed by atoms with Gasteiger partial charge in [0, 0.05) is 40.8 Å². The van der Waals surface area contributed by atoms with Crippen molar-refractivity contribution < 1.29 is 62.3 Å². The number of carbonyl (C=O) groups excluding carboxylic acids is 4. The molecule has 11 atom stereocenters. The van der Waals surface area contributed by atoms with E-state index in [-0.39, 0.29) is 84.0 Å². The van der Waals surface area contributed by atoms with E-state index in [4.69, 9.17) is 14.2 Å². The van der Waals surface area contributed by atoms with Crippen molar-refractivity contribution in [2.24, 2.45) is 28.6 Å². The summed E-state index contributed by atoms with van der Waals surface area (Å²) in [6.45, 7) is 3.79. The Morgan fingerprint density at radius 3 is 2.57 bits per heavy atom. The average molecular weight is 939 g/mol. The van der Waals surface area contributed by atoms with E-state index in [1.807, 2.05) is 13.0 Å². The zero-order valence-electron chi connectivity index (χ0n) is 34.1. The number of amides is 2. The number of carboxylic acids is 1. The van der Waals surface area contributed by atoms with Gasteiger partial charge in [-0.25, -0.2) is 8.78 Å². The third-order valence-corrected chi connectivity index (χ3v) is 15.4. The predicted octanol–water partition coefficient (Wildman–Crippen LogP) is 4.51. The molecule has 61 heavy (non-hydrogen) atoms. The monoisotopic (exact) mass is 937 g/mol. The highest BCUT2D eigenvalue weighted by atomic mass is 79.9. The van der Waals surface area contributed by atoms with E-state index in [0.29, 0.717) is 56.7 Å². The number of alkyl halides is 2. The Bertz CT molecular complexity index is 1950. The number of ketones is 1. The average Bonchev–Trinajstić information content (AvgIpc) is 3.72. The van der Waals surface area contributed by atoms with Gasteiger partial charge in [-0.05, 0) is 93.9 Å². The van der Waals surface area contributed by atoms with Crippen LogP contribution in [0.3, 0.4) is 0 Å². The summed E-state index contributed by atoms with van der Waals surface area (Å²) >= 11 is 3.51. The van der Waals surface area contributed by atoms with Gasteiger partial charge in [0.25, 0.3) is 0 Å². The van der Waals surface area contributed by atoms with E-state index in [1.165, 1.54) is 12.1 Å². The van der Waals surface area contributed by atoms with Crippen LogP contribution in [0, 0.1) is 34.4 Å². The normalized spacial score (nSPS) is 36.0. The summed E-state index contributed by atoms with van der Waals surface area (Å²) in [4.78, 5) is 62.3. The molecule has 0 bridgehead atoms. The van der Waals surface area contributed by atoms with Crippen LogP contribution in [0.25, 0.3) is 0 Å². The van der Waals surface area contributed by atoms with E-state index in [1.54, 1.807) is 18.2 Å². The van der Waals surface area contributed by atoms with Crippen molar-refractivity contribution in [2.45, 2.75) is 127 Å². The summed E-state index contributed by atoms with van der Waals surface area (Å²) < 4.78 is 49.2. The number of aliphatic hydroxyl groups is 2. The smallest absolute Gasteiger partial charge is 0.303 e. The van der Waals surface area contributed by atoms with E-state index < -0.39 is 76.0 Å². The lowest BCUT2D eigenvalue weighted by Crippen LogP contribution is -2.62. The number of hydrogen-bond acceptors (Lipinski definition) is 12. The second-order valence-electron chi connectivity index (χ2n) is 17.7. The molecule has 4 saturated carbocycles. The summed E-state index contributed by atoms with van der Waals surface area (Å²) in [7, 11) is 0. The molecule has 14 nitrogen and oxygen atoms in total. The first-order valence-electron chi connectivity index (χ1n) is 21.0. The largest absolute Gasteiger partial charge is 0.490 e. The van der Waals surface area contributed by atoms with Crippen LogP contribution in [0.5, 0.6) is 5.75 Å². The molecule has 7 rings (SSSR count). The fourth-order valence-electron chi connectivity index (χ4n) is 11.4. The molecule has 2 amide bonds. The Kier molecular flexibility index (Phi) is 13.8. The number of carbonyl (C=O) groups is 5. The second kappa shape index (κ2) is 18.5. The number of halogens is 3. The molecule has 0 aromatic heterocycles. The van der Waals surface area contributed by atoms with Crippen LogP contribution in [0.1, 0.15) is 89.9 Å². The van der Waals surface area contributed by atoms with Crippen molar-refractivity contribution in [1.29, 1.82) is 0 Å². The molecule has 1 saturated heterocycles. The molecule has 0 spiro atoms. The molecule has 334 valence electrons. The van der Waals surface area contributed by atoms with E-state index in [9.17, 15) is 43.7 Å². The summed E-state index contributed by atoms with van der Waals surface area (Å²) in [5.41, 5.74) is -2.08. The molecule has 1 aliphatic heterocycles. The van der Waals surface area contributed by atoms with Gasteiger partial charge in [-0.3, -0.25) is 29.3 Å². The van der Waals surface area contributed by atoms with Crippen molar-refractivity contribution in [3.8, 4) is 5.75 Å². The first-order chi connectivity index (χ1) is 29.0. The minimum atomic E-state index is -1.65. The third kappa shape index (κ3) is 8.83. The Balaban J connectivity index is 0.982. The van der Waals surface area contributed by atoms with Crippen LogP contribution in [0.2, 0.25) is 0 Å². The zero-order valence-corrected chi connectivity index (χ0v) is 36.5. The maximum absolute atomic E-state index is 16.0. The molecular weight excluding hydrogens is 884 g/mol. The number of thioether (sulfide) groups is 1. The van der Waals surface area contributed by atoms with Gasteiger partial charge in [-0.15, -0.1) is 0 Å². The molecule has 6 aliphatic rings. The maximum Gasteiger partial charge on any atom is 0.303 e. The van der Waals surface area contributed by atoms with Crippen LogP contribution < -0.4 is 20.7 Å². The Hall–Kier alpha value is -3.26. The van der Waals surface area contributed by atoms with Crippen LogP contribution in [0.15, 0.2) is 42.0 Å². The quantitative estimate of drug-likeness (QED) is 0.106. The van der Waals surface area contributed by atoms with Crippen molar-refractivity contribution in [3.05, 3.63) is 53.4 Å². The minimum Gasteiger partial charge on any atom is -0.490 e. The highest BCUT2D eigenvalue weighted by Crippen LogP contribution is 2.71. The van der Waals surface area contributed by atoms with Crippen LogP contribution >= 0.6 is 27.7 Å². The number of allylic oxidation sites excluding steroid dienone is 4. The molecular formula is C43H54BrF2N3O11S. The second-order valence-corrected chi connectivity index (χ2v) is 19.1. The first kappa shape index (κ1) is 45.8. The third-order valence-electron chi connectivity index (χ3n) is 14.2. The number of hydrogen-bond donors (Lipinski definition) is 6. The number of rotatable bonds is 15. The lowest BCUT2D eigenvalue weighted by molar-refractivity contribution is -0.195. The minimum absolute atomic E-state index is 0.0330. The molecule has 1 unspecified atom stereocenters. The van der Waals surface area contributed by atoms with Crippen molar-refractivity contribution >= 4 is 56.4 Å². The molecule has 1 aromatic rings.